The molecule has 0 bridgehead atoms. The van der Waals surface area contributed by atoms with Crippen LogP contribution < -0.4 is 4.72 Å². The van der Waals surface area contributed by atoms with Gasteiger partial charge in [-0.05, 0) is 64.8 Å². The highest BCUT2D eigenvalue weighted by Crippen LogP contribution is 2.15. The zero-order chi connectivity index (χ0) is 21.6. The van der Waals surface area contributed by atoms with Crippen LogP contribution in [0.4, 0.5) is 0 Å². The van der Waals surface area contributed by atoms with Crippen molar-refractivity contribution in [3.05, 3.63) is 29.8 Å². The molecule has 2 rings (SSSR count). The summed E-state index contributed by atoms with van der Waals surface area (Å²) in [6, 6.07) is 5.41. The summed E-state index contributed by atoms with van der Waals surface area (Å²) in [5.41, 5.74) is 0.177. The van der Waals surface area contributed by atoms with Crippen molar-refractivity contribution in [1.29, 1.82) is 0 Å². The van der Waals surface area contributed by atoms with Crippen molar-refractivity contribution in [2.45, 2.75) is 63.6 Å². The Labute approximate surface area is 172 Å². The lowest BCUT2D eigenvalue weighted by Gasteiger charge is -2.30. The first-order chi connectivity index (χ1) is 13.6. The Balaban J connectivity index is 1.93. The molecule has 1 amide bonds. The number of carbonyl (C=O) groups excluding carboxylic acids is 2. The van der Waals surface area contributed by atoms with Crippen LogP contribution >= 0.6 is 0 Å². The van der Waals surface area contributed by atoms with Crippen LogP contribution in [0.2, 0.25) is 0 Å². The van der Waals surface area contributed by atoms with Gasteiger partial charge in [-0.25, -0.2) is 17.9 Å². The number of hydrogen-bond acceptors (Lipinski definition) is 6. The summed E-state index contributed by atoms with van der Waals surface area (Å²) in [6.45, 7) is 8.08. The molecule has 1 N–H and O–H groups in total. The molecule has 1 aliphatic heterocycles. The molecule has 9 heteroatoms. The summed E-state index contributed by atoms with van der Waals surface area (Å²) in [5, 5.41) is 0. The average Bonchev–Trinajstić information content (AvgIpc) is 3.18. The number of hydrogen-bond donors (Lipinski definition) is 1. The highest BCUT2D eigenvalue weighted by atomic mass is 32.2. The van der Waals surface area contributed by atoms with Crippen molar-refractivity contribution in [1.82, 2.24) is 9.62 Å². The Morgan fingerprint density at radius 2 is 1.79 bits per heavy atom. The lowest BCUT2D eigenvalue weighted by atomic mass is 10.2. The number of carbonyl (C=O) groups is 2. The van der Waals surface area contributed by atoms with Crippen molar-refractivity contribution in [3.8, 4) is 0 Å². The maximum absolute atomic E-state index is 12.4. The summed E-state index contributed by atoms with van der Waals surface area (Å²) in [7, 11) is -3.69. The predicted molar refractivity (Wildman–Crippen MR) is 108 cm³/mol. The Morgan fingerprint density at radius 1 is 1.17 bits per heavy atom. The second kappa shape index (κ2) is 10.2. The molecule has 1 saturated heterocycles. The third kappa shape index (κ3) is 6.52. The Kier molecular flexibility index (Phi) is 8.18. The van der Waals surface area contributed by atoms with Crippen molar-refractivity contribution in [3.63, 3.8) is 0 Å². The van der Waals surface area contributed by atoms with E-state index in [4.69, 9.17) is 9.47 Å². The predicted octanol–water partition coefficient (Wildman–Crippen LogP) is 1.95. The van der Waals surface area contributed by atoms with E-state index in [1.54, 1.807) is 4.90 Å². The maximum atomic E-state index is 12.4. The second-order valence-corrected chi connectivity index (χ2v) is 9.34. The first-order valence-electron chi connectivity index (χ1n) is 9.81. The summed E-state index contributed by atoms with van der Waals surface area (Å²) in [6.07, 6.45) is 1.65. The van der Waals surface area contributed by atoms with Gasteiger partial charge in [0.25, 0.3) is 5.91 Å². The highest BCUT2D eigenvalue weighted by Gasteiger charge is 2.23. The molecule has 0 saturated carbocycles. The topological polar surface area (TPSA) is 102 Å². The number of nitrogens with one attached hydrogen (secondary N) is 1. The van der Waals surface area contributed by atoms with E-state index in [0.717, 1.165) is 12.8 Å². The van der Waals surface area contributed by atoms with E-state index in [0.29, 0.717) is 6.61 Å². The maximum Gasteiger partial charge on any atom is 0.338 e. The van der Waals surface area contributed by atoms with Gasteiger partial charge in [0.2, 0.25) is 10.0 Å². The second-order valence-electron chi connectivity index (χ2n) is 7.58. The molecule has 1 aliphatic rings. The SMILES string of the molecule is CC(C)N(C(=O)COC(=O)c1ccc(S(=O)(=O)NC[C@@H]2CCCO2)cc1)C(C)C. The van der Waals surface area contributed by atoms with E-state index in [1.165, 1.54) is 24.3 Å². The van der Waals surface area contributed by atoms with Gasteiger partial charge < -0.3 is 14.4 Å². The first kappa shape index (κ1) is 23.3. The Hall–Kier alpha value is -1.97. The Morgan fingerprint density at radius 3 is 2.31 bits per heavy atom. The molecular formula is C20H30N2O6S. The first-order valence-corrected chi connectivity index (χ1v) is 11.3. The molecule has 8 nitrogen and oxygen atoms in total. The molecule has 0 radical (unpaired) electrons. The van der Waals surface area contributed by atoms with Crippen molar-refractivity contribution in [2.75, 3.05) is 19.8 Å². The monoisotopic (exact) mass is 426 g/mol. The molecule has 1 aromatic rings. The molecule has 0 aromatic heterocycles. The molecule has 1 aromatic carbocycles. The number of esters is 1. The molecule has 1 atom stereocenters. The minimum Gasteiger partial charge on any atom is -0.452 e. The van der Waals surface area contributed by atoms with Gasteiger partial charge in [-0.3, -0.25) is 4.79 Å². The number of sulfonamides is 1. The fourth-order valence-electron chi connectivity index (χ4n) is 3.32. The van der Waals surface area contributed by atoms with Gasteiger partial charge in [-0.1, -0.05) is 0 Å². The molecule has 0 aliphatic carbocycles. The quantitative estimate of drug-likeness (QED) is 0.606. The zero-order valence-electron chi connectivity index (χ0n) is 17.4. The van der Waals surface area contributed by atoms with Crippen molar-refractivity contribution < 1.29 is 27.5 Å². The van der Waals surface area contributed by atoms with Crippen LogP contribution in [-0.2, 0) is 24.3 Å². The highest BCUT2D eigenvalue weighted by molar-refractivity contribution is 7.89. The van der Waals surface area contributed by atoms with Crippen LogP contribution in [0.25, 0.3) is 0 Å². The molecule has 1 fully saturated rings. The third-order valence-electron chi connectivity index (χ3n) is 4.65. The number of ether oxygens (including phenoxy) is 2. The summed E-state index contributed by atoms with van der Waals surface area (Å²) in [4.78, 5) is 26.2. The van der Waals surface area contributed by atoms with E-state index in [1.807, 2.05) is 27.7 Å². The lowest BCUT2D eigenvalue weighted by Crippen LogP contribution is -2.44. The molecule has 1 heterocycles. The summed E-state index contributed by atoms with van der Waals surface area (Å²) in [5.74, 6) is -0.956. The summed E-state index contributed by atoms with van der Waals surface area (Å²) < 4.78 is 37.7. The van der Waals surface area contributed by atoms with E-state index in [2.05, 4.69) is 4.72 Å². The van der Waals surface area contributed by atoms with Crippen LogP contribution in [0.5, 0.6) is 0 Å². The van der Waals surface area contributed by atoms with Gasteiger partial charge in [-0.2, -0.15) is 0 Å². The smallest absolute Gasteiger partial charge is 0.338 e. The van der Waals surface area contributed by atoms with Crippen LogP contribution in [0.1, 0.15) is 50.9 Å². The number of rotatable bonds is 9. The lowest BCUT2D eigenvalue weighted by molar-refractivity contribution is -0.138. The number of amides is 1. The molecule has 162 valence electrons. The summed E-state index contributed by atoms with van der Waals surface area (Å²) >= 11 is 0. The molecular weight excluding hydrogens is 396 g/mol. The number of benzene rings is 1. The fourth-order valence-corrected chi connectivity index (χ4v) is 4.39. The van der Waals surface area contributed by atoms with Crippen molar-refractivity contribution >= 4 is 21.9 Å². The standard InChI is InChI=1S/C20H30N2O6S/c1-14(2)22(15(3)4)19(23)13-28-20(24)16-7-9-18(10-8-16)29(25,26)21-12-17-6-5-11-27-17/h7-10,14-15,17,21H,5-6,11-13H2,1-4H3/t17-/m0/s1. The zero-order valence-corrected chi connectivity index (χ0v) is 18.2. The van der Waals surface area contributed by atoms with Crippen LogP contribution in [-0.4, -0.2) is 63.1 Å². The normalized spacial score (nSPS) is 17.0. The van der Waals surface area contributed by atoms with Gasteiger partial charge in [0.05, 0.1) is 16.6 Å². The average molecular weight is 427 g/mol. The third-order valence-corrected chi connectivity index (χ3v) is 6.09. The van der Waals surface area contributed by atoms with E-state index in [9.17, 15) is 18.0 Å². The van der Waals surface area contributed by atoms with Crippen LogP contribution in [0, 0.1) is 0 Å². The fraction of sp³-hybridized carbons (Fsp3) is 0.600. The molecule has 29 heavy (non-hydrogen) atoms. The van der Waals surface area contributed by atoms with E-state index >= 15 is 0 Å². The van der Waals surface area contributed by atoms with Gasteiger partial charge in [0.1, 0.15) is 0 Å². The van der Waals surface area contributed by atoms with Gasteiger partial charge in [0, 0.05) is 25.2 Å². The van der Waals surface area contributed by atoms with Crippen LogP contribution in [0.3, 0.4) is 0 Å². The van der Waals surface area contributed by atoms with Gasteiger partial charge in [-0.15, -0.1) is 0 Å². The van der Waals surface area contributed by atoms with Crippen LogP contribution in [0.15, 0.2) is 29.2 Å². The van der Waals surface area contributed by atoms with E-state index in [-0.39, 0.29) is 47.7 Å². The minimum absolute atomic E-state index is 0.00664. The minimum atomic E-state index is -3.69. The Bertz CT molecular complexity index is 791. The largest absolute Gasteiger partial charge is 0.452 e. The van der Waals surface area contributed by atoms with Crippen molar-refractivity contribution in [2.24, 2.45) is 0 Å². The van der Waals surface area contributed by atoms with E-state index < -0.39 is 16.0 Å². The molecule has 0 unspecified atom stereocenters. The molecule has 0 spiro atoms. The number of nitrogens with zero attached hydrogens (tertiary/aromatic N) is 1. The van der Waals surface area contributed by atoms with Gasteiger partial charge in [0.15, 0.2) is 6.61 Å². The van der Waals surface area contributed by atoms with Gasteiger partial charge >= 0.3 is 5.97 Å².